The second-order valence-electron chi connectivity index (χ2n) is 6.10. The van der Waals surface area contributed by atoms with Crippen LogP contribution in [0.15, 0.2) is 81.6 Å². The number of hydrogen-bond acceptors (Lipinski definition) is 5. The van der Waals surface area contributed by atoms with Crippen LogP contribution in [0.3, 0.4) is 0 Å². The van der Waals surface area contributed by atoms with Gasteiger partial charge in [0.05, 0.1) is 27.6 Å². The number of nitrogens with zero attached hydrogens (tertiary/aromatic N) is 2. The summed E-state index contributed by atoms with van der Waals surface area (Å²) < 4.78 is 5.46. The molecule has 2 aromatic carbocycles. The number of methoxy groups -OCH3 is 1. The van der Waals surface area contributed by atoms with Crippen molar-refractivity contribution < 1.29 is 4.74 Å². The van der Waals surface area contributed by atoms with E-state index in [4.69, 9.17) is 9.73 Å². The van der Waals surface area contributed by atoms with Crippen LogP contribution in [0, 0.1) is 0 Å². The second kappa shape index (κ2) is 8.60. The molecule has 1 atom stereocenters. The Morgan fingerprint density at radius 2 is 1.58 bits per heavy atom. The molecule has 0 saturated carbocycles. The first-order valence-electron chi connectivity index (χ1n) is 8.43. The zero-order chi connectivity index (χ0) is 18.4. The summed E-state index contributed by atoms with van der Waals surface area (Å²) in [7, 11) is 1.69. The van der Waals surface area contributed by atoms with Crippen LogP contribution in [0.1, 0.15) is 20.3 Å². The molecule has 0 bridgehead atoms. The SMILES string of the molecule is COC(CC1(C)SC(C)=CC(=Nc2ccccc2)S1)=Nc1ccccc1. The van der Waals surface area contributed by atoms with Crippen molar-refractivity contribution >= 4 is 45.8 Å². The first-order valence-corrected chi connectivity index (χ1v) is 10.1. The van der Waals surface area contributed by atoms with E-state index in [1.807, 2.05) is 72.4 Å². The van der Waals surface area contributed by atoms with Gasteiger partial charge < -0.3 is 4.74 Å². The van der Waals surface area contributed by atoms with Crippen molar-refractivity contribution in [2.24, 2.45) is 9.98 Å². The van der Waals surface area contributed by atoms with Crippen LogP contribution < -0.4 is 0 Å². The average molecular weight is 383 g/mol. The lowest BCUT2D eigenvalue weighted by Crippen LogP contribution is -2.25. The summed E-state index contributed by atoms with van der Waals surface area (Å²) in [6.07, 6.45) is 2.86. The van der Waals surface area contributed by atoms with Crippen LogP contribution >= 0.6 is 23.5 Å². The van der Waals surface area contributed by atoms with Gasteiger partial charge in [-0.3, -0.25) is 0 Å². The van der Waals surface area contributed by atoms with Crippen molar-refractivity contribution in [2.45, 2.75) is 24.3 Å². The van der Waals surface area contributed by atoms with E-state index in [0.29, 0.717) is 6.42 Å². The zero-order valence-electron chi connectivity index (χ0n) is 15.2. The molecule has 1 aliphatic rings. The summed E-state index contributed by atoms with van der Waals surface area (Å²) in [6, 6.07) is 20.0. The number of para-hydroxylation sites is 2. The van der Waals surface area contributed by atoms with Gasteiger partial charge in [0.25, 0.3) is 0 Å². The molecule has 0 aromatic heterocycles. The minimum atomic E-state index is -0.115. The Labute approximate surface area is 163 Å². The van der Waals surface area contributed by atoms with Gasteiger partial charge in [-0.15, -0.1) is 11.8 Å². The zero-order valence-corrected chi connectivity index (χ0v) is 16.8. The van der Waals surface area contributed by atoms with E-state index in [0.717, 1.165) is 22.3 Å². The van der Waals surface area contributed by atoms with Gasteiger partial charge in [-0.1, -0.05) is 48.2 Å². The maximum atomic E-state index is 5.57. The lowest BCUT2D eigenvalue weighted by molar-refractivity contribution is 0.389. The number of benzene rings is 2. The van der Waals surface area contributed by atoms with Crippen LogP contribution in [0.4, 0.5) is 11.4 Å². The van der Waals surface area contributed by atoms with E-state index in [9.17, 15) is 0 Å². The molecule has 3 rings (SSSR count). The van der Waals surface area contributed by atoms with Gasteiger partial charge in [0, 0.05) is 6.42 Å². The summed E-state index contributed by atoms with van der Waals surface area (Å²) in [6.45, 7) is 4.35. The van der Waals surface area contributed by atoms with E-state index in [1.165, 1.54) is 4.91 Å². The summed E-state index contributed by atoms with van der Waals surface area (Å²) in [5.41, 5.74) is 1.88. The highest BCUT2D eigenvalue weighted by Gasteiger charge is 2.34. The van der Waals surface area contributed by atoms with Crippen molar-refractivity contribution in [1.82, 2.24) is 0 Å². The van der Waals surface area contributed by atoms with Gasteiger partial charge in [0.15, 0.2) is 5.90 Å². The molecule has 1 unspecified atom stereocenters. The van der Waals surface area contributed by atoms with Gasteiger partial charge in [-0.05, 0) is 49.1 Å². The molecular formula is C21H22N2OS2. The standard InChI is InChI=1S/C21H22N2OS2/c1-16-14-20(23-18-12-8-5-9-13-18)26-21(2,25-16)15-19(24-3)22-17-10-6-4-7-11-17/h4-14H,15H2,1-3H3. The molecule has 0 spiro atoms. The topological polar surface area (TPSA) is 34.0 Å². The van der Waals surface area contributed by atoms with Crippen LogP contribution in [0.25, 0.3) is 0 Å². The highest BCUT2D eigenvalue weighted by atomic mass is 32.2. The molecule has 0 N–H and O–H groups in total. The van der Waals surface area contributed by atoms with Crippen molar-refractivity contribution in [3.8, 4) is 0 Å². The van der Waals surface area contributed by atoms with Crippen LogP contribution in [-0.2, 0) is 4.74 Å². The highest BCUT2D eigenvalue weighted by molar-refractivity contribution is 8.28. The predicted octanol–water partition coefficient (Wildman–Crippen LogP) is 6.58. The summed E-state index contributed by atoms with van der Waals surface area (Å²) in [5, 5.41) is 1.02. The molecule has 0 fully saturated rings. The molecule has 1 aliphatic heterocycles. The second-order valence-corrected chi connectivity index (χ2v) is 9.63. The minimum absolute atomic E-state index is 0.115. The third-order valence-electron chi connectivity index (χ3n) is 3.74. The molecule has 26 heavy (non-hydrogen) atoms. The molecule has 0 saturated heterocycles. The largest absolute Gasteiger partial charge is 0.484 e. The molecule has 134 valence electrons. The Kier molecular flexibility index (Phi) is 6.22. The van der Waals surface area contributed by atoms with Crippen molar-refractivity contribution in [3.05, 3.63) is 71.6 Å². The number of ether oxygens (including phenoxy) is 1. The first kappa shape index (κ1) is 18.8. The lowest BCUT2D eigenvalue weighted by atomic mass is 10.3. The predicted molar refractivity (Wildman–Crippen MR) is 116 cm³/mol. The molecule has 5 heteroatoms. The molecule has 1 heterocycles. The lowest BCUT2D eigenvalue weighted by Gasteiger charge is -2.32. The highest BCUT2D eigenvalue weighted by Crippen LogP contribution is 2.49. The molecule has 0 aliphatic carbocycles. The third-order valence-corrected chi connectivity index (χ3v) is 6.25. The Balaban J connectivity index is 1.81. The van der Waals surface area contributed by atoms with E-state index in [-0.39, 0.29) is 4.08 Å². The average Bonchev–Trinajstić information content (AvgIpc) is 2.62. The van der Waals surface area contributed by atoms with E-state index in [1.54, 1.807) is 18.9 Å². The van der Waals surface area contributed by atoms with Crippen LogP contribution in [-0.4, -0.2) is 22.1 Å². The molecule has 0 amide bonds. The third kappa shape index (κ3) is 5.26. The Morgan fingerprint density at radius 1 is 0.962 bits per heavy atom. The fraction of sp³-hybridized carbons (Fsp3) is 0.238. The number of aliphatic imine (C=N–C) groups is 2. The van der Waals surface area contributed by atoms with Gasteiger partial charge >= 0.3 is 0 Å². The molecule has 3 nitrogen and oxygen atoms in total. The van der Waals surface area contributed by atoms with E-state index < -0.39 is 0 Å². The Hall–Kier alpha value is -1.98. The Bertz CT molecular complexity index is 832. The minimum Gasteiger partial charge on any atom is -0.484 e. The Morgan fingerprint density at radius 3 is 2.19 bits per heavy atom. The number of hydrogen-bond donors (Lipinski definition) is 0. The van der Waals surface area contributed by atoms with Crippen molar-refractivity contribution in [2.75, 3.05) is 7.11 Å². The fourth-order valence-electron chi connectivity index (χ4n) is 2.65. The van der Waals surface area contributed by atoms with Gasteiger partial charge in [0.2, 0.25) is 0 Å². The van der Waals surface area contributed by atoms with Crippen molar-refractivity contribution in [1.29, 1.82) is 0 Å². The summed E-state index contributed by atoms with van der Waals surface area (Å²) in [4.78, 5) is 10.7. The maximum Gasteiger partial charge on any atom is 0.190 e. The van der Waals surface area contributed by atoms with E-state index in [2.05, 4.69) is 24.9 Å². The van der Waals surface area contributed by atoms with E-state index >= 15 is 0 Å². The maximum absolute atomic E-state index is 5.57. The molecular weight excluding hydrogens is 360 g/mol. The fourth-order valence-corrected chi connectivity index (χ4v) is 5.61. The normalized spacial score (nSPS) is 22.2. The first-order chi connectivity index (χ1) is 12.6. The molecule has 0 radical (unpaired) electrons. The van der Waals surface area contributed by atoms with Crippen LogP contribution in [0.5, 0.6) is 0 Å². The van der Waals surface area contributed by atoms with Crippen LogP contribution in [0.2, 0.25) is 0 Å². The van der Waals surface area contributed by atoms with Gasteiger partial charge in [0.1, 0.15) is 0 Å². The van der Waals surface area contributed by atoms with Gasteiger partial charge in [-0.25, -0.2) is 9.98 Å². The quantitative estimate of drug-likeness (QED) is 0.442. The summed E-state index contributed by atoms with van der Waals surface area (Å²) >= 11 is 3.60. The number of thioether (sulfide) groups is 2. The molecule has 2 aromatic rings. The number of allylic oxidation sites excluding steroid dienone is 1. The number of rotatable bonds is 4. The smallest absolute Gasteiger partial charge is 0.190 e. The summed E-state index contributed by atoms with van der Waals surface area (Å²) in [5.74, 6) is 0.729. The van der Waals surface area contributed by atoms with Gasteiger partial charge in [-0.2, -0.15) is 0 Å². The van der Waals surface area contributed by atoms with Crippen molar-refractivity contribution in [3.63, 3.8) is 0 Å². The monoisotopic (exact) mass is 382 g/mol.